The quantitative estimate of drug-likeness (QED) is 0.162. The van der Waals surface area contributed by atoms with Crippen LogP contribution in [-0.2, 0) is 0 Å². The molecule has 0 unspecified atom stereocenters. The Balaban J connectivity index is 1.02. The van der Waals surface area contributed by atoms with Gasteiger partial charge in [-0.25, -0.2) is 0 Å². The molecule has 0 saturated heterocycles. The van der Waals surface area contributed by atoms with E-state index in [4.69, 9.17) is 4.42 Å². The molecule has 2 heteroatoms. The van der Waals surface area contributed by atoms with Gasteiger partial charge in [0.15, 0.2) is 0 Å². The topological polar surface area (TPSA) is 16.4 Å². The lowest BCUT2D eigenvalue weighted by Gasteiger charge is -2.28. The molecular formula is C56H37NO. The highest BCUT2D eigenvalue weighted by atomic mass is 16.3. The summed E-state index contributed by atoms with van der Waals surface area (Å²) in [5, 5.41) is 7.02. The van der Waals surface area contributed by atoms with Crippen LogP contribution in [0.25, 0.3) is 88.0 Å². The van der Waals surface area contributed by atoms with Gasteiger partial charge in [0.25, 0.3) is 0 Å². The molecule has 272 valence electrons. The second kappa shape index (κ2) is 14.1. The third-order valence-electron chi connectivity index (χ3n) is 11.5. The lowest BCUT2D eigenvalue weighted by molar-refractivity contribution is 0.672. The van der Waals surface area contributed by atoms with E-state index in [0.29, 0.717) is 0 Å². The normalized spacial score (nSPS) is 11.4. The number of furan rings is 1. The van der Waals surface area contributed by atoms with E-state index < -0.39 is 0 Å². The Morgan fingerprint density at radius 1 is 0.293 bits per heavy atom. The van der Waals surface area contributed by atoms with Gasteiger partial charge in [-0.05, 0) is 110 Å². The zero-order valence-corrected chi connectivity index (χ0v) is 31.7. The summed E-state index contributed by atoms with van der Waals surface area (Å²) in [6, 6.07) is 80.7. The molecule has 0 aliphatic carbocycles. The fourth-order valence-electron chi connectivity index (χ4n) is 8.47. The van der Waals surface area contributed by atoms with Crippen molar-refractivity contribution in [1.29, 1.82) is 0 Å². The zero-order valence-electron chi connectivity index (χ0n) is 31.7. The molecule has 0 atom stereocenters. The summed E-state index contributed by atoms with van der Waals surface area (Å²) in [5.74, 6) is 0. The van der Waals surface area contributed by atoms with Gasteiger partial charge in [-0.15, -0.1) is 0 Å². The zero-order chi connectivity index (χ0) is 38.4. The van der Waals surface area contributed by atoms with Crippen molar-refractivity contribution in [2.75, 3.05) is 4.90 Å². The molecule has 0 N–H and O–H groups in total. The van der Waals surface area contributed by atoms with E-state index in [0.717, 1.165) is 60.9 Å². The first kappa shape index (κ1) is 33.6. The van der Waals surface area contributed by atoms with Crippen molar-refractivity contribution in [2.45, 2.75) is 0 Å². The molecule has 0 fully saturated rings. The van der Waals surface area contributed by atoms with Crippen LogP contribution >= 0.6 is 0 Å². The third kappa shape index (κ3) is 6.00. The van der Waals surface area contributed by atoms with E-state index >= 15 is 0 Å². The Morgan fingerprint density at radius 3 is 1.55 bits per heavy atom. The molecular weight excluding hydrogens is 703 g/mol. The number of hydrogen-bond donors (Lipinski definition) is 0. The van der Waals surface area contributed by atoms with Crippen LogP contribution in [0.15, 0.2) is 229 Å². The Morgan fingerprint density at radius 2 is 0.810 bits per heavy atom. The van der Waals surface area contributed by atoms with Crippen LogP contribution < -0.4 is 4.90 Å². The molecule has 0 radical (unpaired) electrons. The van der Waals surface area contributed by atoms with Crippen LogP contribution in [0.3, 0.4) is 0 Å². The van der Waals surface area contributed by atoms with Gasteiger partial charge in [0.1, 0.15) is 11.2 Å². The van der Waals surface area contributed by atoms with Crippen LogP contribution in [0.5, 0.6) is 0 Å². The highest BCUT2D eigenvalue weighted by molar-refractivity contribution is 6.15. The number of para-hydroxylation sites is 2. The number of hydrogen-bond acceptors (Lipinski definition) is 2. The SMILES string of the molecule is c1ccc(-c2ccc(-c3ccc(N(c4ccc(-c5ccc6ccccc6c5)cc4)c4ccccc4-c4ccc5ccc6c7ccccc7oc6c5c4)cc3)cc2)cc1. The molecule has 1 heterocycles. The van der Waals surface area contributed by atoms with Crippen LogP contribution in [-0.4, -0.2) is 0 Å². The molecule has 0 bridgehead atoms. The van der Waals surface area contributed by atoms with Crippen molar-refractivity contribution in [2.24, 2.45) is 0 Å². The molecule has 10 aromatic carbocycles. The van der Waals surface area contributed by atoms with Gasteiger partial charge in [0.05, 0.1) is 5.69 Å². The number of benzene rings is 10. The lowest BCUT2D eigenvalue weighted by atomic mass is 9.97. The van der Waals surface area contributed by atoms with E-state index in [9.17, 15) is 0 Å². The van der Waals surface area contributed by atoms with Crippen molar-refractivity contribution < 1.29 is 4.42 Å². The smallest absolute Gasteiger partial charge is 0.143 e. The monoisotopic (exact) mass is 739 g/mol. The average Bonchev–Trinajstić information content (AvgIpc) is 3.69. The third-order valence-corrected chi connectivity index (χ3v) is 11.5. The largest absolute Gasteiger partial charge is 0.455 e. The van der Waals surface area contributed by atoms with Crippen molar-refractivity contribution >= 4 is 60.5 Å². The second-order valence-corrected chi connectivity index (χ2v) is 14.9. The summed E-state index contributed by atoms with van der Waals surface area (Å²) in [7, 11) is 0. The Bertz CT molecular complexity index is 3250. The molecule has 0 aliphatic heterocycles. The van der Waals surface area contributed by atoms with Crippen molar-refractivity contribution in [3.8, 4) is 44.5 Å². The summed E-state index contributed by atoms with van der Waals surface area (Å²) < 4.78 is 6.51. The molecule has 0 spiro atoms. The Hall–Kier alpha value is -7.68. The maximum atomic E-state index is 6.51. The standard InChI is InChI=1S/C56H37NO/c1-2-10-38(11-3-1)40-18-20-41(21-19-40)42-26-31-48(32-27-42)57(49-33-28-43(29-34-49)46-24-22-39-12-4-5-13-45(39)36-46)54-16-8-6-14-50(54)47-25-23-44-30-35-52-51-15-7-9-17-55(51)58-56(52)53(44)37-47/h1-37H. The Kier molecular flexibility index (Phi) is 8.19. The van der Waals surface area contributed by atoms with Crippen LogP contribution in [0.2, 0.25) is 0 Å². The number of fused-ring (bicyclic) bond motifs is 6. The predicted molar refractivity (Wildman–Crippen MR) is 245 cm³/mol. The van der Waals surface area contributed by atoms with Gasteiger partial charge >= 0.3 is 0 Å². The van der Waals surface area contributed by atoms with Crippen LogP contribution in [0.1, 0.15) is 0 Å². The van der Waals surface area contributed by atoms with Gasteiger partial charge in [-0.1, -0.05) is 170 Å². The highest BCUT2D eigenvalue weighted by Gasteiger charge is 2.19. The summed E-state index contributed by atoms with van der Waals surface area (Å²) >= 11 is 0. The lowest BCUT2D eigenvalue weighted by Crippen LogP contribution is -2.11. The van der Waals surface area contributed by atoms with E-state index in [1.54, 1.807) is 0 Å². The molecule has 1 aromatic heterocycles. The Labute approximate surface area is 337 Å². The predicted octanol–water partition coefficient (Wildman–Crippen LogP) is 16.0. The van der Waals surface area contributed by atoms with Gasteiger partial charge < -0.3 is 9.32 Å². The van der Waals surface area contributed by atoms with Crippen molar-refractivity contribution in [3.63, 3.8) is 0 Å². The first-order valence-electron chi connectivity index (χ1n) is 19.8. The summed E-state index contributed by atoms with van der Waals surface area (Å²) in [6.07, 6.45) is 0. The maximum Gasteiger partial charge on any atom is 0.143 e. The van der Waals surface area contributed by atoms with E-state index in [-0.39, 0.29) is 0 Å². The molecule has 0 saturated carbocycles. The summed E-state index contributed by atoms with van der Waals surface area (Å²) in [5.41, 5.74) is 14.5. The maximum absolute atomic E-state index is 6.51. The average molecular weight is 740 g/mol. The molecule has 58 heavy (non-hydrogen) atoms. The van der Waals surface area contributed by atoms with Crippen LogP contribution in [0, 0.1) is 0 Å². The minimum atomic E-state index is 0.907. The molecule has 0 amide bonds. The summed E-state index contributed by atoms with van der Waals surface area (Å²) in [6.45, 7) is 0. The minimum absolute atomic E-state index is 0.907. The first-order chi connectivity index (χ1) is 28.7. The van der Waals surface area contributed by atoms with E-state index in [1.165, 1.54) is 44.2 Å². The minimum Gasteiger partial charge on any atom is -0.455 e. The van der Waals surface area contributed by atoms with Gasteiger partial charge in [0, 0.05) is 33.1 Å². The number of anilines is 3. The molecule has 11 rings (SSSR count). The molecule has 0 aliphatic rings. The van der Waals surface area contributed by atoms with Crippen LogP contribution in [0.4, 0.5) is 17.1 Å². The molecule has 2 nitrogen and oxygen atoms in total. The fourth-order valence-corrected chi connectivity index (χ4v) is 8.47. The number of nitrogens with zero attached hydrogens (tertiary/aromatic N) is 1. The first-order valence-corrected chi connectivity index (χ1v) is 19.8. The van der Waals surface area contributed by atoms with Gasteiger partial charge in [-0.2, -0.15) is 0 Å². The second-order valence-electron chi connectivity index (χ2n) is 14.9. The van der Waals surface area contributed by atoms with Gasteiger partial charge in [-0.3, -0.25) is 0 Å². The van der Waals surface area contributed by atoms with Crippen molar-refractivity contribution in [3.05, 3.63) is 224 Å². The van der Waals surface area contributed by atoms with Crippen molar-refractivity contribution in [1.82, 2.24) is 0 Å². The van der Waals surface area contributed by atoms with E-state index in [2.05, 4.69) is 223 Å². The molecule has 11 aromatic rings. The number of rotatable bonds is 7. The van der Waals surface area contributed by atoms with E-state index in [1.807, 2.05) is 6.07 Å². The van der Waals surface area contributed by atoms with Gasteiger partial charge in [0.2, 0.25) is 0 Å². The highest BCUT2D eigenvalue weighted by Crippen LogP contribution is 2.43. The summed E-state index contributed by atoms with van der Waals surface area (Å²) in [4.78, 5) is 2.38. The fraction of sp³-hybridized carbons (Fsp3) is 0.